The summed E-state index contributed by atoms with van der Waals surface area (Å²) in [6.45, 7) is 3.76. The lowest BCUT2D eigenvalue weighted by Gasteiger charge is -2.11. The molecule has 0 atom stereocenters. The number of benzene rings is 2. The summed E-state index contributed by atoms with van der Waals surface area (Å²) >= 11 is 0. The molecule has 2 aromatic rings. The Morgan fingerprint density at radius 3 is 2.59 bits per heavy atom. The van der Waals surface area contributed by atoms with Gasteiger partial charge >= 0.3 is 0 Å². The first kappa shape index (κ1) is 11.4. The third-order valence-corrected chi connectivity index (χ3v) is 2.63. The fourth-order valence-electron chi connectivity index (χ4n) is 1.81. The summed E-state index contributed by atoms with van der Waals surface area (Å²) in [7, 11) is 1.58. The normalized spacial score (nSPS) is 10.0. The van der Waals surface area contributed by atoms with Crippen LogP contribution in [0.25, 0.3) is 17.2 Å². The lowest BCUT2D eigenvalue weighted by atomic mass is 9.99. The molecular weight excluding hydrogens is 215 g/mol. The maximum absolute atomic E-state index is 13.3. The maximum atomic E-state index is 13.3. The number of halogens is 1. The average Bonchev–Trinajstić information content (AvgIpc) is 2.38. The third-order valence-electron chi connectivity index (χ3n) is 2.63. The number of hydrogen-bond donors (Lipinski definition) is 0. The number of rotatable bonds is 3. The van der Waals surface area contributed by atoms with E-state index in [1.165, 1.54) is 12.1 Å². The largest absolute Gasteiger partial charge is 0.496 e. The first-order chi connectivity index (χ1) is 8.26. The fourth-order valence-corrected chi connectivity index (χ4v) is 1.81. The van der Waals surface area contributed by atoms with Crippen LogP contribution in [0.2, 0.25) is 0 Å². The topological polar surface area (TPSA) is 9.23 Å². The van der Waals surface area contributed by atoms with E-state index in [1.807, 2.05) is 24.3 Å². The molecule has 1 nitrogen and oxygen atoms in total. The van der Waals surface area contributed by atoms with E-state index >= 15 is 0 Å². The maximum Gasteiger partial charge on any atom is 0.126 e. The molecule has 0 aliphatic rings. The van der Waals surface area contributed by atoms with Gasteiger partial charge in [-0.2, -0.15) is 0 Å². The number of hydrogen-bond acceptors (Lipinski definition) is 1. The van der Waals surface area contributed by atoms with E-state index in [0.717, 1.165) is 16.7 Å². The van der Waals surface area contributed by atoms with Gasteiger partial charge in [0, 0.05) is 5.56 Å². The van der Waals surface area contributed by atoms with E-state index in [9.17, 15) is 4.39 Å². The molecule has 0 N–H and O–H groups in total. The summed E-state index contributed by atoms with van der Waals surface area (Å²) in [5, 5.41) is 0. The third kappa shape index (κ3) is 2.21. The Bertz CT molecular complexity index is 546. The van der Waals surface area contributed by atoms with Crippen molar-refractivity contribution in [2.24, 2.45) is 0 Å². The lowest BCUT2D eigenvalue weighted by molar-refractivity contribution is 0.415. The highest BCUT2D eigenvalue weighted by molar-refractivity contribution is 5.78. The lowest BCUT2D eigenvalue weighted by Crippen LogP contribution is -1.91. The quantitative estimate of drug-likeness (QED) is 0.767. The Morgan fingerprint density at radius 1 is 1.12 bits per heavy atom. The highest BCUT2D eigenvalue weighted by Gasteiger charge is 2.09. The first-order valence-electron chi connectivity index (χ1n) is 5.31. The smallest absolute Gasteiger partial charge is 0.126 e. The Morgan fingerprint density at radius 2 is 1.88 bits per heavy atom. The molecule has 0 aliphatic carbocycles. The summed E-state index contributed by atoms with van der Waals surface area (Å²) in [5.74, 6) is 0.375. The van der Waals surface area contributed by atoms with Gasteiger partial charge in [-0.1, -0.05) is 36.9 Å². The van der Waals surface area contributed by atoms with Crippen LogP contribution in [0.4, 0.5) is 4.39 Å². The molecule has 0 bridgehead atoms. The van der Waals surface area contributed by atoms with E-state index in [2.05, 4.69) is 6.58 Å². The van der Waals surface area contributed by atoms with Crippen molar-refractivity contribution in [3.8, 4) is 16.9 Å². The molecule has 2 rings (SSSR count). The Labute approximate surface area is 100 Å². The van der Waals surface area contributed by atoms with Crippen molar-refractivity contribution in [3.63, 3.8) is 0 Å². The molecular formula is C15H13FO. The number of methoxy groups -OCH3 is 1. The van der Waals surface area contributed by atoms with Crippen LogP contribution in [-0.4, -0.2) is 7.11 Å². The van der Waals surface area contributed by atoms with Crippen LogP contribution in [0.1, 0.15) is 5.56 Å². The Hall–Kier alpha value is -2.09. The molecule has 0 fully saturated rings. The number of ether oxygens (including phenoxy) is 1. The van der Waals surface area contributed by atoms with Crippen molar-refractivity contribution in [1.29, 1.82) is 0 Å². The van der Waals surface area contributed by atoms with Crippen molar-refractivity contribution in [2.75, 3.05) is 7.11 Å². The Balaban J connectivity index is 2.66. The minimum atomic E-state index is -0.278. The van der Waals surface area contributed by atoms with Crippen LogP contribution in [0, 0.1) is 5.82 Å². The zero-order valence-corrected chi connectivity index (χ0v) is 9.61. The van der Waals surface area contributed by atoms with E-state index in [-0.39, 0.29) is 5.82 Å². The molecule has 0 spiro atoms. The SMILES string of the molecule is C=Cc1ccccc1-c1cc(F)ccc1OC. The van der Waals surface area contributed by atoms with Gasteiger partial charge < -0.3 is 4.74 Å². The molecule has 0 aromatic heterocycles. The zero-order valence-electron chi connectivity index (χ0n) is 9.61. The predicted octanol–water partition coefficient (Wildman–Crippen LogP) is 4.14. The molecule has 17 heavy (non-hydrogen) atoms. The van der Waals surface area contributed by atoms with Gasteiger partial charge in [-0.3, -0.25) is 0 Å². The zero-order chi connectivity index (χ0) is 12.3. The fraction of sp³-hybridized carbons (Fsp3) is 0.0667. The molecule has 2 aromatic carbocycles. The van der Waals surface area contributed by atoms with E-state index in [1.54, 1.807) is 19.3 Å². The standard InChI is InChI=1S/C15H13FO/c1-3-11-6-4-5-7-13(11)14-10-12(16)8-9-15(14)17-2/h3-10H,1H2,2H3. The summed E-state index contributed by atoms with van der Waals surface area (Å²) in [5.41, 5.74) is 2.61. The molecule has 0 aliphatic heterocycles. The summed E-state index contributed by atoms with van der Waals surface area (Å²) in [6.07, 6.45) is 1.75. The molecule has 0 radical (unpaired) electrons. The van der Waals surface area contributed by atoms with Crippen LogP contribution in [0.3, 0.4) is 0 Å². The molecule has 0 saturated carbocycles. The van der Waals surface area contributed by atoms with Gasteiger partial charge in [0.05, 0.1) is 7.11 Å². The molecule has 0 unspecified atom stereocenters. The summed E-state index contributed by atoms with van der Waals surface area (Å²) < 4.78 is 18.6. The summed E-state index contributed by atoms with van der Waals surface area (Å²) in [4.78, 5) is 0. The first-order valence-corrected chi connectivity index (χ1v) is 5.31. The molecule has 86 valence electrons. The van der Waals surface area contributed by atoms with Gasteiger partial charge in [-0.25, -0.2) is 4.39 Å². The van der Waals surface area contributed by atoms with Crippen LogP contribution in [0.5, 0.6) is 5.75 Å². The van der Waals surface area contributed by atoms with Gasteiger partial charge in [0.2, 0.25) is 0 Å². The van der Waals surface area contributed by atoms with Crippen LogP contribution in [0.15, 0.2) is 49.0 Å². The highest BCUT2D eigenvalue weighted by Crippen LogP contribution is 2.33. The summed E-state index contributed by atoms with van der Waals surface area (Å²) in [6, 6.07) is 12.2. The van der Waals surface area contributed by atoms with Gasteiger partial charge in [-0.05, 0) is 29.3 Å². The van der Waals surface area contributed by atoms with Crippen molar-refractivity contribution < 1.29 is 9.13 Å². The van der Waals surface area contributed by atoms with Crippen LogP contribution < -0.4 is 4.74 Å². The Kier molecular flexibility index (Phi) is 3.24. The minimum absolute atomic E-state index is 0.278. The van der Waals surface area contributed by atoms with Gasteiger partial charge in [-0.15, -0.1) is 0 Å². The monoisotopic (exact) mass is 228 g/mol. The van der Waals surface area contributed by atoms with Gasteiger partial charge in [0.25, 0.3) is 0 Å². The van der Waals surface area contributed by atoms with Crippen molar-refractivity contribution in [2.45, 2.75) is 0 Å². The van der Waals surface area contributed by atoms with Crippen molar-refractivity contribution >= 4 is 6.08 Å². The van der Waals surface area contributed by atoms with E-state index in [0.29, 0.717) is 5.75 Å². The van der Waals surface area contributed by atoms with Gasteiger partial charge in [0.15, 0.2) is 0 Å². The predicted molar refractivity (Wildman–Crippen MR) is 68.5 cm³/mol. The van der Waals surface area contributed by atoms with Gasteiger partial charge in [0.1, 0.15) is 11.6 Å². The highest BCUT2D eigenvalue weighted by atomic mass is 19.1. The second kappa shape index (κ2) is 4.83. The second-order valence-corrected chi connectivity index (χ2v) is 3.64. The molecule has 0 amide bonds. The minimum Gasteiger partial charge on any atom is -0.496 e. The van der Waals surface area contributed by atoms with Crippen LogP contribution >= 0.6 is 0 Å². The molecule has 0 heterocycles. The average molecular weight is 228 g/mol. The molecule has 0 saturated heterocycles. The van der Waals surface area contributed by atoms with Crippen molar-refractivity contribution in [1.82, 2.24) is 0 Å². The van der Waals surface area contributed by atoms with Crippen molar-refractivity contribution in [3.05, 3.63) is 60.4 Å². The second-order valence-electron chi connectivity index (χ2n) is 3.64. The van der Waals surface area contributed by atoms with Crippen LogP contribution in [-0.2, 0) is 0 Å². The molecule has 2 heteroatoms. The van der Waals surface area contributed by atoms with E-state index < -0.39 is 0 Å². The van der Waals surface area contributed by atoms with E-state index in [4.69, 9.17) is 4.74 Å².